The highest BCUT2D eigenvalue weighted by Crippen LogP contribution is 2.23. The lowest BCUT2D eigenvalue weighted by Gasteiger charge is -2.09. The molecule has 24 heavy (non-hydrogen) atoms. The Balaban J connectivity index is 1.73. The first-order chi connectivity index (χ1) is 11.5. The molecule has 5 nitrogen and oxygen atoms in total. The van der Waals surface area contributed by atoms with Crippen LogP contribution in [0.5, 0.6) is 0 Å². The van der Waals surface area contributed by atoms with E-state index in [2.05, 4.69) is 10.2 Å². The molecule has 0 amide bonds. The molecule has 122 valence electrons. The van der Waals surface area contributed by atoms with E-state index in [0.29, 0.717) is 11.5 Å². The number of rotatable bonds is 4. The standard InChI is InChI=1S/C18H15FN2O3/c1-11-8-9-14(10-15(11)19)18(22)23-12(2)16-20-21-17(24-16)13-6-4-3-5-7-13/h3-10,12H,1-2H3/t12-/m1/s1. The van der Waals surface area contributed by atoms with Crippen molar-refractivity contribution in [2.24, 2.45) is 0 Å². The Morgan fingerprint density at radius 1 is 1.17 bits per heavy atom. The highest BCUT2D eigenvalue weighted by atomic mass is 19.1. The van der Waals surface area contributed by atoms with Crippen molar-refractivity contribution in [2.75, 3.05) is 0 Å². The number of ether oxygens (including phenoxy) is 1. The van der Waals surface area contributed by atoms with Gasteiger partial charge in [-0.25, -0.2) is 9.18 Å². The second-order valence-corrected chi connectivity index (χ2v) is 5.32. The van der Waals surface area contributed by atoms with Gasteiger partial charge in [-0.15, -0.1) is 10.2 Å². The van der Waals surface area contributed by atoms with Crippen LogP contribution < -0.4 is 0 Å². The maximum Gasteiger partial charge on any atom is 0.339 e. The van der Waals surface area contributed by atoms with E-state index in [1.54, 1.807) is 13.8 Å². The molecule has 1 atom stereocenters. The predicted molar refractivity (Wildman–Crippen MR) is 84.7 cm³/mol. The van der Waals surface area contributed by atoms with Crippen LogP contribution in [-0.2, 0) is 4.74 Å². The number of hydrogen-bond acceptors (Lipinski definition) is 5. The molecule has 0 spiro atoms. The largest absolute Gasteiger partial charge is 0.449 e. The van der Waals surface area contributed by atoms with Crippen LogP contribution in [0.25, 0.3) is 11.5 Å². The van der Waals surface area contributed by atoms with Gasteiger partial charge in [-0.3, -0.25) is 0 Å². The maximum atomic E-state index is 13.5. The van der Waals surface area contributed by atoms with Gasteiger partial charge in [0.1, 0.15) is 5.82 Å². The second-order valence-electron chi connectivity index (χ2n) is 5.32. The van der Waals surface area contributed by atoms with E-state index < -0.39 is 17.9 Å². The zero-order chi connectivity index (χ0) is 17.1. The van der Waals surface area contributed by atoms with E-state index in [9.17, 15) is 9.18 Å². The Kier molecular flexibility index (Phi) is 4.37. The summed E-state index contributed by atoms with van der Waals surface area (Å²) in [6, 6.07) is 13.4. The lowest BCUT2D eigenvalue weighted by atomic mass is 10.1. The Morgan fingerprint density at radius 2 is 1.92 bits per heavy atom. The van der Waals surface area contributed by atoms with Gasteiger partial charge >= 0.3 is 5.97 Å². The van der Waals surface area contributed by atoms with Gasteiger partial charge in [0, 0.05) is 5.56 Å². The van der Waals surface area contributed by atoms with Crippen LogP contribution in [0.2, 0.25) is 0 Å². The van der Waals surface area contributed by atoms with Crippen molar-refractivity contribution >= 4 is 5.97 Å². The van der Waals surface area contributed by atoms with E-state index in [4.69, 9.17) is 9.15 Å². The van der Waals surface area contributed by atoms with Crippen molar-refractivity contribution in [1.82, 2.24) is 10.2 Å². The van der Waals surface area contributed by atoms with E-state index in [1.165, 1.54) is 12.1 Å². The zero-order valence-corrected chi connectivity index (χ0v) is 13.2. The number of carbonyl (C=O) groups is 1. The molecular weight excluding hydrogens is 311 g/mol. The minimum absolute atomic E-state index is 0.132. The molecule has 0 saturated carbocycles. The molecule has 1 aromatic heterocycles. The minimum Gasteiger partial charge on any atom is -0.449 e. The summed E-state index contributed by atoms with van der Waals surface area (Å²) in [6.45, 7) is 3.24. The number of aromatic nitrogens is 2. The fourth-order valence-corrected chi connectivity index (χ4v) is 2.10. The molecule has 0 aliphatic rings. The van der Waals surface area contributed by atoms with Crippen LogP contribution in [-0.4, -0.2) is 16.2 Å². The fraction of sp³-hybridized carbons (Fsp3) is 0.167. The third-order valence-electron chi connectivity index (χ3n) is 3.50. The summed E-state index contributed by atoms with van der Waals surface area (Å²) in [4.78, 5) is 12.1. The smallest absolute Gasteiger partial charge is 0.339 e. The summed E-state index contributed by atoms with van der Waals surface area (Å²) >= 11 is 0. The number of carbonyl (C=O) groups excluding carboxylic acids is 1. The summed E-state index contributed by atoms with van der Waals surface area (Å²) in [7, 11) is 0. The molecule has 0 bridgehead atoms. The van der Waals surface area contributed by atoms with Gasteiger partial charge in [0.25, 0.3) is 5.89 Å². The third kappa shape index (κ3) is 3.32. The topological polar surface area (TPSA) is 65.2 Å². The fourth-order valence-electron chi connectivity index (χ4n) is 2.10. The van der Waals surface area contributed by atoms with Gasteiger partial charge in [-0.05, 0) is 43.7 Å². The molecule has 3 rings (SSSR count). The molecule has 0 radical (unpaired) electrons. The van der Waals surface area contributed by atoms with Crippen molar-refractivity contribution < 1.29 is 18.3 Å². The van der Waals surface area contributed by atoms with Gasteiger partial charge in [0.05, 0.1) is 5.56 Å². The molecule has 1 heterocycles. The van der Waals surface area contributed by atoms with Gasteiger partial charge in [-0.2, -0.15) is 0 Å². The van der Waals surface area contributed by atoms with Crippen LogP contribution >= 0.6 is 0 Å². The zero-order valence-electron chi connectivity index (χ0n) is 13.2. The normalized spacial score (nSPS) is 12.0. The predicted octanol–water partition coefficient (Wildman–Crippen LogP) is 4.10. The molecule has 0 aliphatic heterocycles. The van der Waals surface area contributed by atoms with Crippen LogP contribution in [0, 0.1) is 12.7 Å². The molecule has 0 saturated heterocycles. The van der Waals surface area contributed by atoms with Gasteiger partial charge in [0.15, 0.2) is 6.10 Å². The highest BCUT2D eigenvalue weighted by molar-refractivity contribution is 5.89. The maximum absolute atomic E-state index is 13.5. The van der Waals surface area contributed by atoms with Gasteiger partial charge < -0.3 is 9.15 Å². The first-order valence-corrected chi connectivity index (χ1v) is 7.40. The monoisotopic (exact) mass is 326 g/mol. The molecule has 3 aromatic rings. The lowest BCUT2D eigenvalue weighted by Crippen LogP contribution is -2.10. The van der Waals surface area contributed by atoms with E-state index in [-0.39, 0.29) is 11.5 Å². The first-order valence-electron chi connectivity index (χ1n) is 7.40. The van der Waals surface area contributed by atoms with Crippen molar-refractivity contribution in [3.8, 4) is 11.5 Å². The molecule has 6 heteroatoms. The molecular formula is C18H15FN2O3. The van der Waals surface area contributed by atoms with Crippen LogP contribution in [0.4, 0.5) is 4.39 Å². The molecule has 0 aliphatic carbocycles. The Hall–Kier alpha value is -3.02. The molecule has 0 unspecified atom stereocenters. The van der Waals surface area contributed by atoms with E-state index >= 15 is 0 Å². The number of halogens is 1. The quantitative estimate of drug-likeness (QED) is 0.675. The van der Waals surface area contributed by atoms with Crippen LogP contribution in [0.1, 0.15) is 34.8 Å². The van der Waals surface area contributed by atoms with Gasteiger partial charge in [0.2, 0.25) is 5.89 Å². The Bertz CT molecular complexity index is 862. The molecule has 0 fully saturated rings. The SMILES string of the molecule is Cc1ccc(C(=O)O[C@H](C)c2nnc(-c3ccccc3)o2)cc1F. The summed E-state index contributed by atoms with van der Waals surface area (Å²) < 4.78 is 24.3. The van der Waals surface area contributed by atoms with Crippen LogP contribution in [0.3, 0.4) is 0 Å². The van der Waals surface area contributed by atoms with E-state index in [1.807, 2.05) is 30.3 Å². The van der Waals surface area contributed by atoms with Crippen LogP contribution in [0.15, 0.2) is 52.9 Å². The van der Waals surface area contributed by atoms with Gasteiger partial charge in [-0.1, -0.05) is 24.3 Å². The van der Waals surface area contributed by atoms with Crippen molar-refractivity contribution in [1.29, 1.82) is 0 Å². The van der Waals surface area contributed by atoms with Crippen molar-refractivity contribution in [2.45, 2.75) is 20.0 Å². The Labute approximate surface area is 138 Å². The second kappa shape index (κ2) is 6.62. The number of benzene rings is 2. The summed E-state index contributed by atoms with van der Waals surface area (Å²) in [5, 5.41) is 7.85. The average Bonchev–Trinajstić information content (AvgIpc) is 3.08. The Morgan fingerprint density at radius 3 is 2.62 bits per heavy atom. The number of hydrogen-bond donors (Lipinski definition) is 0. The molecule has 2 aromatic carbocycles. The average molecular weight is 326 g/mol. The van der Waals surface area contributed by atoms with E-state index in [0.717, 1.165) is 11.6 Å². The summed E-state index contributed by atoms with van der Waals surface area (Å²) in [5.41, 5.74) is 1.37. The van der Waals surface area contributed by atoms with Crippen molar-refractivity contribution in [3.05, 3.63) is 71.4 Å². The first kappa shape index (κ1) is 15.9. The molecule has 0 N–H and O–H groups in total. The lowest BCUT2D eigenvalue weighted by molar-refractivity contribution is 0.0279. The summed E-state index contributed by atoms with van der Waals surface area (Å²) in [5.74, 6) is -0.591. The highest BCUT2D eigenvalue weighted by Gasteiger charge is 2.20. The third-order valence-corrected chi connectivity index (χ3v) is 3.50. The summed E-state index contributed by atoms with van der Waals surface area (Å²) in [6.07, 6.45) is -0.744. The minimum atomic E-state index is -0.744. The van der Waals surface area contributed by atoms with Crippen molar-refractivity contribution in [3.63, 3.8) is 0 Å². The number of aryl methyl sites for hydroxylation is 1. The number of nitrogens with zero attached hydrogens (tertiary/aromatic N) is 2. The number of esters is 1.